The number of aliphatic hydroxyl groups excluding tert-OH is 1. The molecule has 1 saturated heterocycles. The van der Waals surface area contributed by atoms with E-state index in [0.29, 0.717) is 0 Å². The van der Waals surface area contributed by atoms with Gasteiger partial charge in [-0.05, 0) is 46.2 Å². The van der Waals surface area contributed by atoms with Gasteiger partial charge in [-0.3, -0.25) is 4.99 Å². The van der Waals surface area contributed by atoms with Crippen LogP contribution in [0.15, 0.2) is 4.99 Å². The number of aliphatic imine (C=N–C) groups is 1. The summed E-state index contributed by atoms with van der Waals surface area (Å²) in [4.78, 5) is 9.40. The summed E-state index contributed by atoms with van der Waals surface area (Å²) in [6.07, 6.45) is 3.85. The number of likely N-dealkylation sites (N-methyl/N-ethyl adjacent to an activating group) is 1. The quantitative estimate of drug-likeness (QED) is 0.266. The Labute approximate surface area is 153 Å². The fourth-order valence-corrected chi connectivity index (χ4v) is 2.93. The minimum Gasteiger partial charge on any atom is -0.393 e. The zero-order valence-electron chi connectivity index (χ0n) is 16.5. The van der Waals surface area contributed by atoms with Crippen LogP contribution in [0.1, 0.15) is 32.6 Å². The second-order valence-electron chi connectivity index (χ2n) is 6.76. The maximum atomic E-state index is 9.54. The number of nitrogens with zero attached hydrogens (tertiary/aromatic N) is 3. The molecule has 7 heteroatoms. The van der Waals surface area contributed by atoms with E-state index in [1.54, 1.807) is 7.11 Å². The summed E-state index contributed by atoms with van der Waals surface area (Å²) in [6.45, 7) is 10.6. The minimum absolute atomic E-state index is 0.0912. The molecule has 0 bridgehead atoms. The number of methoxy groups -OCH3 is 1. The van der Waals surface area contributed by atoms with Crippen LogP contribution in [0, 0.1) is 0 Å². The molecule has 25 heavy (non-hydrogen) atoms. The highest BCUT2D eigenvalue weighted by molar-refractivity contribution is 5.79. The number of rotatable bonds is 12. The summed E-state index contributed by atoms with van der Waals surface area (Å²) in [5, 5.41) is 16.2. The lowest BCUT2D eigenvalue weighted by molar-refractivity contribution is 0.0824. The SMILES string of the molecule is CCNC(=NCCCN1CCC(O)CC1)NCCN(C)CCCOC. The van der Waals surface area contributed by atoms with Gasteiger partial charge in [0, 0.05) is 59.5 Å². The molecule has 0 spiro atoms. The van der Waals surface area contributed by atoms with Crippen molar-refractivity contribution in [3.05, 3.63) is 0 Å². The first-order valence-corrected chi connectivity index (χ1v) is 9.75. The topological polar surface area (TPSA) is 72.4 Å². The van der Waals surface area contributed by atoms with Gasteiger partial charge in [0.05, 0.1) is 6.10 Å². The number of hydrogen-bond donors (Lipinski definition) is 3. The summed E-state index contributed by atoms with van der Waals surface area (Å²) in [6, 6.07) is 0. The lowest BCUT2D eigenvalue weighted by atomic mass is 10.1. The first-order chi connectivity index (χ1) is 12.2. The average molecular weight is 358 g/mol. The summed E-state index contributed by atoms with van der Waals surface area (Å²) < 4.78 is 5.08. The van der Waals surface area contributed by atoms with E-state index in [2.05, 4.69) is 39.4 Å². The van der Waals surface area contributed by atoms with E-state index in [0.717, 1.165) is 90.6 Å². The largest absolute Gasteiger partial charge is 0.393 e. The highest BCUT2D eigenvalue weighted by Crippen LogP contribution is 2.09. The average Bonchev–Trinajstić information content (AvgIpc) is 2.60. The van der Waals surface area contributed by atoms with Crippen molar-refractivity contribution in [1.82, 2.24) is 20.4 Å². The Balaban J connectivity index is 2.15. The Morgan fingerprint density at radius 3 is 2.68 bits per heavy atom. The van der Waals surface area contributed by atoms with Crippen molar-refractivity contribution in [1.29, 1.82) is 0 Å². The molecule has 7 nitrogen and oxygen atoms in total. The highest BCUT2D eigenvalue weighted by Gasteiger charge is 2.15. The van der Waals surface area contributed by atoms with Gasteiger partial charge in [0.1, 0.15) is 0 Å². The normalized spacial score (nSPS) is 17.2. The third kappa shape index (κ3) is 11.4. The molecule has 148 valence electrons. The van der Waals surface area contributed by atoms with Crippen LogP contribution in [-0.2, 0) is 4.74 Å². The van der Waals surface area contributed by atoms with Crippen LogP contribution in [0.25, 0.3) is 0 Å². The smallest absolute Gasteiger partial charge is 0.191 e. The van der Waals surface area contributed by atoms with Gasteiger partial charge in [-0.25, -0.2) is 0 Å². The Morgan fingerprint density at radius 2 is 2.00 bits per heavy atom. The molecule has 0 amide bonds. The molecule has 3 N–H and O–H groups in total. The Bertz CT molecular complexity index is 346. The molecular formula is C18H39N5O2. The van der Waals surface area contributed by atoms with Crippen LogP contribution in [0.2, 0.25) is 0 Å². The van der Waals surface area contributed by atoms with Crippen molar-refractivity contribution in [2.75, 3.05) is 73.1 Å². The van der Waals surface area contributed by atoms with Gasteiger partial charge in [0.25, 0.3) is 0 Å². The van der Waals surface area contributed by atoms with Gasteiger partial charge in [-0.2, -0.15) is 0 Å². The van der Waals surface area contributed by atoms with Crippen LogP contribution in [-0.4, -0.2) is 100 Å². The molecule has 0 saturated carbocycles. The summed E-state index contributed by atoms with van der Waals surface area (Å²) in [7, 11) is 3.88. The molecule has 1 aliphatic heterocycles. The lowest BCUT2D eigenvalue weighted by Gasteiger charge is -2.29. The van der Waals surface area contributed by atoms with E-state index < -0.39 is 0 Å². The number of ether oxygens (including phenoxy) is 1. The maximum absolute atomic E-state index is 9.54. The van der Waals surface area contributed by atoms with Crippen LogP contribution >= 0.6 is 0 Å². The van der Waals surface area contributed by atoms with E-state index in [-0.39, 0.29) is 6.10 Å². The molecule has 1 rings (SSSR count). The summed E-state index contributed by atoms with van der Waals surface area (Å²) in [5.41, 5.74) is 0. The van der Waals surface area contributed by atoms with Gasteiger partial charge in [-0.1, -0.05) is 0 Å². The van der Waals surface area contributed by atoms with Crippen molar-refractivity contribution < 1.29 is 9.84 Å². The van der Waals surface area contributed by atoms with Crippen molar-refractivity contribution >= 4 is 5.96 Å². The Hall–Kier alpha value is -0.890. The number of likely N-dealkylation sites (tertiary alicyclic amines) is 1. The van der Waals surface area contributed by atoms with Crippen LogP contribution in [0.3, 0.4) is 0 Å². The standard InChI is InChI=1S/C18H39N5O2/c1-4-19-18(21-10-15-22(2)11-6-16-25-3)20-9-5-12-23-13-7-17(24)8-14-23/h17,24H,4-16H2,1-3H3,(H2,19,20,21). The predicted octanol–water partition coefficient (Wildman–Crippen LogP) is 0.357. The molecule has 0 aromatic carbocycles. The number of hydrogen-bond acceptors (Lipinski definition) is 5. The van der Waals surface area contributed by atoms with E-state index in [9.17, 15) is 5.11 Å². The first-order valence-electron chi connectivity index (χ1n) is 9.75. The highest BCUT2D eigenvalue weighted by atomic mass is 16.5. The van der Waals surface area contributed by atoms with Crippen LogP contribution in [0.4, 0.5) is 0 Å². The van der Waals surface area contributed by atoms with Gasteiger partial charge >= 0.3 is 0 Å². The number of nitrogens with one attached hydrogen (secondary N) is 2. The monoisotopic (exact) mass is 357 g/mol. The molecule has 0 unspecified atom stereocenters. The number of aliphatic hydroxyl groups is 1. The van der Waals surface area contributed by atoms with E-state index in [4.69, 9.17) is 4.74 Å². The molecule has 0 aromatic rings. The van der Waals surface area contributed by atoms with Gasteiger partial charge < -0.3 is 30.3 Å². The fraction of sp³-hybridized carbons (Fsp3) is 0.944. The van der Waals surface area contributed by atoms with Gasteiger partial charge in [-0.15, -0.1) is 0 Å². The van der Waals surface area contributed by atoms with Crippen LogP contribution in [0.5, 0.6) is 0 Å². The van der Waals surface area contributed by atoms with Crippen LogP contribution < -0.4 is 10.6 Å². The molecule has 1 fully saturated rings. The molecule has 1 aliphatic rings. The second-order valence-corrected chi connectivity index (χ2v) is 6.76. The van der Waals surface area contributed by atoms with E-state index in [1.165, 1.54) is 0 Å². The van der Waals surface area contributed by atoms with Crippen molar-refractivity contribution in [2.45, 2.75) is 38.7 Å². The summed E-state index contributed by atoms with van der Waals surface area (Å²) >= 11 is 0. The van der Waals surface area contributed by atoms with Crippen molar-refractivity contribution in [2.24, 2.45) is 4.99 Å². The third-order valence-corrected chi connectivity index (χ3v) is 4.48. The Morgan fingerprint density at radius 1 is 1.24 bits per heavy atom. The minimum atomic E-state index is -0.0912. The number of piperidine rings is 1. The first kappa shape index (κ1) is 22.2. The molecule has 1 heterocycles. The predicted molar refractivity (Wildman–Crippen MR) is 104 cm³/mol. The molecule has 0 aromatic heterocycles. The zero-order valence-corrected chi connectivity index (χ0v) is 16.5. The van der Waals surface area contributed by atoms with E-state index >= 15 is 0 Å². The maximum Gasteiger partial charge on any atom is 0.191 e. The molecule has 0 atom stereocenters. The fourth-order valence-electron chi connectivity index (χ4n) is 2.93. The van der Waals surface area contributed by atoms with Crippen molar-refractivity contribution in [3.63, 3.8) is 0 Å². The second kappa shape index (κ2) is 14.3. The lowest BCUT2D eigenvalue weighted by Crippen LogP contribution is -2.41. The van der Waals surface area contributed by atoms with Gasteiger partial charge in [0.15, 0.2) is 5.96 Å². The van der Waals surface area contributed by atoms with Crippen molar-refractivity contribution in [3.8, 4) is 0 Å². The zero-order chi connectivity index (χ0) is 18.3. The molecule has 0 aliphatic carbocycles. The number of guanidine groups is 1. The van der Waals surface area contributed by atoms with Gasteiger partial charge in [0.2, 0.25) is 0 Å². The molecular weight excluding hydrogens is 318 g/mol. The Kier molecular flexibility index (Phi) is 12.7. The van der Waals surface area contributed by atoms with E-state index in [1.807, 2.05) is 0 Å². The third-order valence-electron chi connectivity index (χ3n) is 4.48. The summed E-state index contributed by atoms with van der Waals surface area (Å²) in [5.74, 6) is 0.904. The molecule has 0 radical (unpaired) electrons.